The summed E-state index contributed by atoms with van der Waals surface area (Å²) in [5, 5.41) is 0. The standard InChI is InChI=1S/C13H16O2S.ClHO.W/c1-2-15-13(14)11-4-3-10-8-12(16)6-5-9(10)7-11;1-2;/h5-6,8,11,16H,2-4,7H2,1H3;2H;/p-1. The zero-order chi connectivity index (χ0) is 13.5. The van der Waals surface area contributed by atoms with Crippen LogP contribution in [0.25, 0.3) is 0 Å². The Balaban J connectivity index is 0.00000103. The van der Waals surface area contributed by atoms with E-state index in [1.807, 2.05) is 25.1 Å². The van der Waals surface area contributed by atoms with Gasteiger partial charge in [0.15, 0.2) is 0 Å². The summed E-state index contributed by atoms with van der Waals surface area (Å²) in [7, 11) is 0. The van der Waals surface area contributed by atoms with Crippen molar-refractivity contribution >= 4 is 30.5 Å². The molecule has 19 heavy (non-hydrogen) atoms. The van der Waals surface area contributed by atoms with Gasteiger partial charge in [0.1, 0.15) is 0 Å². The van der Waals surface area contributed by atoms with Crippen molar-refractivity contribution in [3.8, 4) is 0 Å². The summed E-state index contributed by atoms with van der Waals surface area (Å²) < 4.78 is 11.5. The van der Waals surface area contributed by atoms with Crippen LogP contribution in [0.1, 0.15) is 24.5 Å². The maximum absolute atomic E-state index is 11.6. The molecule has 0 amide bonds. The molecule has 0 bridgehead atoms. The largest absolute Gasteiger partial charge is 0.780 e. The Hall–Kier alpha value is -0.152. The smallest absolute Gasteiger partial charge is 0.309 e. The summed E-state index contributed by atoms with van der Waals surface area (Å²) in [6.45, 7) is 2.31. The summed E-state index contributed by atoms with van der Waals surface area (Å²) in [4.78, 5) is 12.5. The molecule has 1 N–H and O–H groups in total. The maximum Gasteiger partial charge on any atom is 0.309 e. The van der Waals surface area contributed by atoms with Crippen LogP contribution in [0.15, 0.2) is 23.1 Å². The second-order valence-corrected chi connectivity index (χ2v) is 4.59. The molecule has 1 aromatic carbocycles. The Kier molecular flexibility index (Phi) is 9.63. The Morgan fingerprint density at radius 3 is 2.79 bits per heavy atom. The molecular weight excluding hydrogens is 456 g/mol. The van der Waals surface area contributed by atoms with E-state index in [2.05, 4.69) is 11.9 Å². The molecule has 0 aliphatic heterocycles. The minimum Gasteiger partial charge on any atom is -0.780 e. The van der Waals surface area contributed by atoms with Gasteiger partial charge in [0.2, 0.25) is 0 Å². The van der Waals surface area contributed by atoms with Crippen molar-refractivity contribution < 1.29 is 35.3 Å². The van der Waals surface area contributed by atoms with Gasteiger partial charge in [-0.1, -0.05) is 18.2 Å². The fourth-order valence-corrected chi connectivity index (χ4v) is 2.40. The van der Waals surface area contributed by atoms with E-state index in [0.717, 1.165) is 24.2 Å². The van der Waals surface area contributed by atoms with Crippen LogP contribution in [0.4, 0.5) is 0 Å². The van der Waals surface area contributed by atoms with Crippen LogP contribution in [0, 0.1) is 5.92 Å². The normalized spacial score (nSPS) is 16.3. The van der Waals surface area contributed by atoms with Crippen molar-refractivity contribution in [2.45, 2.75) is 31.1 Å². The number of ether oxygens (including phenoxy) is 1. The van der Waals surface area contributed by atoms with Gasteiger partial charge in [0.25, 0.3) is 0 Å². The number of hydrogen-bond acceptors (Lipinski definition) is 4. The second-order valence-electron chi connectivity index (χ2n) is 4.12. The van der Waals surface area contributed by atoms with Crippen LogP contribution in [0.3, 0.4) is 0 Å². The van der Waals surface area contributed by atoms with Gasteiger partial charge < -0.3 is 17.4 Å². The summed E-state index contributed by atoms with van der Waals surface area (Å²) in [5.74, 6) is -0.0287. The Morgan fingerprint density at radius 1 is 1.47 bits per heavy atom. The summed E-state index contributed by atoms with van der Waals surface area (Å²) in [6.07, 6.45) is 2.61. The third kappa shape index (κ3) is 5.39. The van der Waals surface area contributed by atoms with E-state index in [0.29, 0.717) is 6.61 Å². The van der Waals surface area contributed by atoms with Crippen LogP contribution in [0.5, 0.6) is 0 Å². The zero-order valence-corrected chi connectivity index (χ0v) is 15.1. The predicted octanol–water partition coefficient (Wildman–Crippen LogP) is 2.39. The van der Waals surface area contributed by atoms with E-state index >= 15 is 0 Å². The van der Waals surface area contributed by atoms with E-state index in [1.54, 1.807) is 0 Å². The SMILES string of the molecule is CCOC(=O)C1CCc2cc([S-])ccc2C1.OCl.[W]. The summed E-state index contributed by atoms with van der Waals surface area (Å²) in [5.41, 5.74) is 2.55. The monoisotopic (exact) mass is 471 g/mol. The van der Waals surface area contributed by atoms with E-state index in [4.69, 9.17) is 22.0 Å². The molecular formula is C13H16ClO3SW-. The minimum atomic E-state index is -0.0596. The van der Waals surface area contributed by atoms with E-state index in [9.17, 15) is 4.79 Å². The average molecular weight is 472 g/mol. The first-order chi connectivity index (χ1) is 8.70. The van der Waals surface area contributed by atoms with Gasteiger partial charge in [0, 0.05) is 21.1 Å². The number of fused-ring (bicyclic) bond motifs is 1. The van der Waals surface area contributed by atoms with Gasteiger partial charge in [-0.15, -0.1) is 0 Å². The predicted molar refractivity (Wildman–Crippen MR) is 72.3 cm³/mol. The fourth-order valence-electron chi connectivity index (χ4n) is 2.19. The number of halogens is 1. The molecule has 0 heterocycles. The first kappa shape index (κ1) is 18.8. The number of aryl methyl sites for hydroxylation is 1. The topological polar surface area (TPSA) is 46.5 Å². The first-order valence-electron chi connectivity index (χ1n) is 5.83. The quantitative estimate of drug-likeness (QED) is 0.532. The van der Waals surface area contributed by atoms with Crippen LogP contribution in [-0.2, 0) is 56.1 Å². The van der Waals surface area contributed by atoms with Crippen molar-refractivity contribution in [3.05, 3.63) is 29.3 Å². The number of carbonyl (C=O) groups excluding carboxylic acids is 1. The number of esters is 1. The number of rotatable bonds is 2. The van der Waals surface area contributed by atoms with E-state index < -0.39 is 0 Å². The van der Waals surface area contributed by atoms with Gasteiger partial charge in [-0.2, -0.15) is 4.90 Å². The molecule has 2 rings (SSSR count). The van der Waals surface area contributed by atoms with Gasteiger partial charge in [-0.3, -0.25) is 9.45 Å². The van der Waals surface area contributed by atoms with Crippen molar-refractivity contribution in [1.29, 1.82) is 0 Å². The van der Waals surface area contributed by atoms with Gasteiger partial charge in [-0.05, 0) is 37.3 Å². The van der Waals surface area contributed by atoms with Crippen molar-refractivity contribution in [2.75, 3.05) is 6.61 Å². The first-order valence-corrected chi connectivity index (χ1v) is 6.57. The van der Waals surface area contributed by atoms with Gasteiger partial charge >= 0.3 is 5.97 Å². The third-order valence-corrected chi connectivity index (χ3v) is 3.28. The molecule has 0 radical (unpaired) electrons. The van der Waals surface area contributed by atoms with Gasteiger partial charge in [0.05, 0.1) is 24.4 Å². The summed E-state index contributed by atoms with van der Waals surface area (Å²) in [6, 6.07) is 6.02. The molecule has 0 spiro atoms. The summed E-state index contributed by atoms with van der Waals surface area (Å²) >= 11 is 8.77. The van der Waals surface area contributed by atoms with Crippen molar-refractivity contribution in [2.24, 2.45) is 5.92 Å². The molecule has 0 saturated carbocycles. The van der Waals surface area contributed by atoms with Crippen molar-refractivity contribution in [3.63, 3.8) is 0 Å². The molecule has 0 aromatic heterocycles. The molecule has 1 unspecified atom stereocenters. The molecule has 1 atom stereocenters. The molecule has 1 aliphatic carbocycles. The number of carbonyl (C=O) groups is 1. The molecule has 106 valence electrons. The Morgan fingerprint density at radius 2 is 2.16 bits per heavy atom. The minimum absolute atomic E-state index is 0. The number of benzene rings is 1. The molecule has 1 aromatic rings. The molecule has 0 saturated heterocycles. The second kappa shape index (κ2) is 9.71. The van der Waals surface area contributed by atoms with Crippen LogP contribution in [-0.4, -0.2) is 17.2 Å². The van der Waals surface area contributed by atoms with E-state index in [-0.39, 0.29) is 33.0 Å². The fraction of sp³-hybridized carbons (Fsp3) is 0.462. The number of hydrogen-bond donors (Lipinski definition) is 1. The van der Waals surface area contributed by atoms with Gasteiger partial charge in [-0.25, -0.2) is 0 Å². The van der Waals surface area contributed by atoms with Crippen LogP contribution >= 0.6 is 11.9 Å². The van der Waals surface area contributed by atoms with Crippen molar-refractivity contribution in [1.82, 2.24) is 0 Å². The molecule has 6 heteroatoms. The zero-order valence-electron chi connectivity index (χ0n) is 10.6. The maximum atomic E-state index is 11.6. The Bertz CT molecular complexity index is 415. The Labute approximate surface area is 138 Å². The van der Waals surface area contributed by atoms with E-state index in [1.165, 1.54) is 11.1 Å². The van der Waals surface area contributed by atoms with Crippen LogP contribution < -0.4 is 0 Å². The molecule has 3 nitrogen and oxygen atoms in total. The molecule has 1 aliphatic rings. The third-order valence-electron chi connectivity index (χ3n) is 3.03. The van der Waals surface area contributed by atoms with Crippen LogP contribution in [0.2, 0.25) is 0 Å². The molecule has 0 fully saturated rings. The average Bonchev–Trinajstić information content (AvgIpc) is 2.40.